The second kappa shape index (κ2) is 8.99. The number of aromatic nitrogens is 4. The quantitative estimate of drug-likeness (QED) is 0.606. The molecule has 1 aromatic carbocycles. The van der Waals surface area contributed by atoms with Crippen LogP contribution in [0.4, 0.5) is 10.5 Å². The first-order chi connectivity index (χ1) is 16.0. The maximum atomic E-state index is 12.6. The first-order valence-corrected chi connectivity index (χ1v) is 12.1. The van der Waals surface area contributed by atoms with Crippen molar-refractivity contribution in [2.24, 2.45) is 0 Å². The monoisotopic (exact) mass is 470 g/mol. The molecule has 0 aliphatic carbocycles. The van der Waals surface area contributed by atoms with E-state index in [1.165, 1.54) is 7.11 Å². The van der Waals surface area contributed by atoms with E-state index in [-0.39, 0.29) is 18.1 Å². The smallest absolute Gasteiger partial charge is 0.414 e. The molecule has 2 aliphatic heterocycles. The Morgan fingerprint density at radius 3 is 2.79 bits per heavy atom. The molecular formula is C24H31ClN6O2. The van der Waals surface area contributed by atoms with Gasteiger partial charge in [-0.2, -0.15) is 5.10 Å². The van der Waals surface area contributed by atoms with Crippen LogP contribution in [0.2, 0.25) is 5.02 Å². The lowest BCUT2D eigenvalue weighted by atomic mass is 9.95. The van der Waals surface area contributed by atoms with Gasteiger partial charge in [0.1, 0.15) is 5.82 Å². The molecule has 0 saturated carbocycles. The molecule has 9 heteroatoms. The number of nitrogens with one attached hydrogen (secondary N) is 1. The van der Waals surface area contributed by atoms with Crippen molar-refractivity contribution in [3.63, 3.8) is 0 Å². The van der Waals surface area contributed by atoms with Gasteiger partial charge in [0.25, 0.3) is 0 Å². The number of anilines is 1. The molecule has 1 unspecified atom stereocenters. The number of rotatable bonds is 4. The SMILES string of the molecule is COC(=O)N1c2ccc3c(nc(C(C)Cn4cc(Cl)cn4)n3C3CCNCC3)c2CC[C@@H]1C. The molecule has 1 amide bonds. The van der Waals surface area contributed by atoms with Gasteiger partial charge in [0.15, 0.2) is 0 Å². The van der Waals surface area contributed by atoms with Crippen LogP contribution in [-0.2, 0) is 17.7 Å². The summed E-state index contributed by atoms with van der Waals surface area (Å²) in [6.07, 6.45) is 7.13. The molecule has 8 nitrogen and oxygen atoms in total. The Balaban J connectivity index is 1.63. The van der Waals surface area contributed by atoms with E-state index in [1.807, 2.05) is 10.9 Å². The zero-order valence-electron chi connectivity index (χ0n) is 19.4. The number of ether oxygens (including phenoxy) is 1. The Bertz CT molecular complexity index is 1170. The van der Waals surface area contributed by atoms with E-state index in [0.717, 1.165) is 66.9 Å². The average molecular weight is 471 g/mol. The number of carbonyl (C=O) groups excluding carboxylic acids is 1. The standard InChI is InChI=1S/C24H31ClN6O2/c1-15(13-29-14-17(25)12-27-29)23-28-22-19-5-4-16(2)30(24(32)33-3)20(19)6-7-21(22)31(23)18-8-10-26-11-9-18/h6-7,12,14-16,18,26H,4-5,8-11,13H2,1-3H3/t15?,16-/m0/s1. The van der Waals surface area contributed by atoms with Crippen LogP contribution in [0.5, 0.6) is 0 Å². The van der Waals surface area contributed by atoms with E-state index < -0.39 is 0 Å². The largest absolute Gasteiger partial charge is 0.452 e. The highest BCUT2D eigenvalue weighted by Crippen LogP contribution is 2.39. The molecule has 2 aliphatic rings. The Hall–Kier alpha value is -2.58. The number of fused-ring (bicyclic) bond motifs is 3. The molecule has 33 heavy (non-hydrogen) atoms. The van der Waals surface area contributed by atoms with Gasteiger partial charge in [-0.1, -0.05) is 18.5 Å². The summed E-state index contributed by atoms with van der Waals surface area (Å²) in [5.74, 6) is 1.22. The lowest BCUT2D eigenvalue weighted by Crippen LogP contribution is -2.42. The third-order valence-corrected chi connectivity index (χ3v) is 7.23. The van der Waals surface area contributed by atoms with E-state index in [9.17, 15) is 4.79 Å². The van der Waals surface area contributed by atoms with Gasteiger partial charge in [-0.25, -0.2) is 9.78 Å². The van der Waals surface area contributed by atoms with E-state index in [1.54, 1.807) is 11.1 Å². The summed E-state index contributed by atoms with van der Waals surface area (Å²) in [5.41, 5.74) is 4.22. The van der Waals surface area contributed by atoms with Crippen molar-refractivity contribution in [2.45, 2.75) is 64.1 Å². The van der Waals surface area contributed by atoms with Gasteiger partial charge in [-0.05, 0) is 57.8 Å². The number of imidazole rings is 1. The fraction of sp³-hybridized carbons (Fsp3) is 0.542. The summed E-state index contributed by atoms with van der Waals surface area (Å²) < 4.78 is 9.43. The fourth-order valence-electron chi connectivity index (χ4n) is 5.39. The third-order valence-electron chi connectivity index (χ3n) is 7.03. The van der Waals surface area contributed by atoms with Crippen LogP contribution in [0.15, 0.2) is 24.5 Å². The average Bonchev–Trinajstić information content (AvgIpc) is 3.42. The fourth-order valence-corrected chi connectivity index (χ4v) is 5.55. The Kier molecular flexibility index (Phi) is 6.05. The van der Waals surface area contributed by atoms with E-state index >= 15 is 0 Å². The summed E-state index contributed by atoms with van der Waals surface area (Å²) in [6.45, 7) is 6.98. The highest BCUT2D eigenvalue weighted by atomic mass is 35.5. The van der Waals surface area contributed by atoms with Crippen molar-refractivity contribution in [2.75, 3.05) is 25.1 Å². The van der Waals surface area contributed by atoms with Gasteiger partial charge in [-0.3, -0.25) is 9.58 Å². The van der Waals surface area contributed by atoms with Gasteiger partial charge in [0, 0.05) is 29.8 Å². The molecule has 1 N–H and O–H groups in total. The second-order valence-electron chi connectivity index (χ2n) is 9.26. The summed E-state index contributed by atoms with van der Waals surface area (Å²) in [4.78, 5) is 19.6. The number of piperidine rings is 1. The Morgan fingerprint density at radius 1 is 1.30 bits per heavy atom. The van der Waals surface area contributed by atoms with Crippen molar-refractivity contribution in [1.82, 2.24) is 24.6 Å². The number of aryl methyl sites for hydroxylation is 1. The van der Waals surface area contributed by atoms with Crippen LogP contribution in [0.1, 0.15) is 56.5 Å². The first kappa shape index (κ1) is 22.2. The lowest BCUT2D eigenvalue weighted by Gasteiger charge is -2.34. The van der Waals surface area contributed by atoms with Crippen LogP contribution in [0, 0.1) is 0 Å². The van der Waals surface area contributed by atoms with Crippen molar-refractivity contribution in [3.8, 4) is 0 Å². The summed E-state index contributed by atoms with van der Waals surface area (Å²) in [5, 5.41) is 8.49. The van der Waals surface area contributed by atoms with Crippen LogP contribution >= 0.6 is 11.6 Å². The number of nitrogens with zero attached hydrogens (tertiary/aromatic N) is 5. The molecule has 1 saturated heterocycles. The molecule has 176 valence electrons. The number of hydrogen-bond donors (Lipinski definition) is 1. The minimum absolute atomic E-state index is 0.0943. The van der Waals surface area contributed by atoms with Crippen molar-refractivity contribution in [1.29, 1.82) is 0 Å². The second-order valence-corrected chi connectivity index (χ2v) is 9.70. The van der Waals surface area contributed by atoms with Gasteiger partial charge in [0.05, 0.1) is 41.6 Å². The Labute approximate surface area is 198 Å². The zero-order valence-corrected chi connectivity index (χ0v) is 20.2. The maximum absolute atomic E-state index is 12.6. The predicted octanol–water partition coefficient (Wildman–Crippen LogP) is 4.52. The molecule has 0 bridgehead atoms. The molecule has 5 rings (SSSR count). The topological polar surface area (TPSA) is 77.2 Å². The number of methoxy groups -OCH3 is 1. The van der Waals surface area contributed by atoms with Crippen molar-refractivity contribution in [3.05, 3.63) is 40.9 Å². The van der Waals surface area contributed by atoms with E-state index in [0.29, 0.717) is 17.6 Å². The molecule has 1 fully saturated rings. The van der Waals surface area contributed by atoms with Gasteiger partial charge in [0.2, 0.25) is 0 Å². The number of benzene rings is 1. The molecule has 0 radical (unpaired) electrons. The minimum atomic E-state index is -0.315. The minimum Gasteiger partial charge on any atom is -0.452 e. The van der Waals surface area contributed by atoms with Crippen molar-refractivity contribution >= 4 is 34.4 Å². The van der Waals surface area contributed by atoms with Crippen LogP contribution in [0.3, 0.4) is 0 Å². The zero-order chi connectivity index (χ0) is 23.1. The molecule has 2 atom stereocenters. The van der Waals surface area contributed by atoms with Gasteiger partial charge < -0.3 is 14.6 Å². The highest BCUT2D eigenvalue weighted by Gasteiger charge is 2.33. The third kappa shape index (κ3) is 3.99. The molecule has 3 aromatic rings. The molecular weight excluding hydrogens is 440 g/mol. The number of amides is 1. The van der Waals surface area contributed by atoms with Crippen LogP contribution < -0.4 is 10.2 Å². The van der Waals surface area contributed by atoms with Crippen LogP contribution in [0.25, 0.3) is 11.0 Å². The van der Waals surface area contributed by atoms with E-state index in [4.69, 9.17) is 21.3 Å². The molecule has 4 heterocycles. The maximum Gasteiger partial charge on any atom is 0.414 e. The van der Waals surface area contributed by atoms with E-state index in [2.05, 4.69) is 41.0 Å². The van der Waals surface area contributed by atoms with Gasteiger partial charge >= 0.3 is 6.09 Å². The van der Waals surface area contributed by atoms with Crippen molar-refractivity contribution < 1.29 is 9.53 Å². The first-order valence-electron chi connectivity index (χ1n) is 11.8. The number of halogens is 1. The Morgan fingerprint density at radius 2 is 2.09 bits per heavy atom. The highest BCUT2D eigenvalue weighted by molar-refractivity contribution is 6.30. The molecule has 0 spiro atoms. The summed E-state index contributed by atoms with van der Waals surface area (Å²) in [7, 11) is 1.44. The number of hydrogen-bond acceptors (Lipinski definition) is 5. The summed E-state index contributed by atoms with van der Waals surface area (Å²) in [6, 6.07) is 4.70. The van der Waals surface area contributed by atoms with Gasteiger partial charge in [-0.15, -0.1) is 0 Å². The number of carbonyl (C=O) groups is 1. The lowest BCUT2D eigenvalue weighted by molar-refractivity contribution is 0.175. The summed E-state index contributed by atoms with van der Waals surface area (Å²) >= 11 is 6.10. The molecule has 2 aromatic heterocycles. The normalized spacial score (nSPS) is 20.1. The predicted molar refractivity (Wildman–Crippen MR) is 129 cm³/mol. The van der Waals surface area contributed by atoms with Crippen LogP contribution in [-0.4, -0.2) is 51.7 Å².